The molecule has 27 heavy (non-hydrogen) atoms. The van der Waals surface area contributed by atoms with Gasteiger partial charge in [-0.05, 0) is 30.3 Å². The van der Waals surface area contributed by atoms with Crippen molar-refractivity contribution in [1.29, 1.82) is 0 Å². The molecule has 2 aromatic rings. The van der Waals surface area contributed by atoms with Gasteiger partial charge in [-0.2, -0.15) is 0 Å². The second-order valence-corrected chi connectivity index (χ2v) is 6.01. The summed E-state index contributed by atoms with van der Waals surface area (Å²) in [6, 6.07) is 10.2. The van der Waals surface area contributed by atoms with Gasteiger partial charge in [-0.15, -0.1) is 0 Å². The molecular weight excluding hydrogens is 416 g/mol. The highest BCUT2D eigenvalue weighted by molar-refractivity contribution is 9.09. The fourth-order valence-corrected chi connectivity index (χ4v) is 2.54. The number of amides is 2. The first-order valence-corrected chi connectivity index (χ1v) is 9.17. The molecule has 0 heterocycles. The molecule has 0 saturated heterocycles. The Morgan fingerprint density at radius 2 is 1.63 bits per heavy atom. The highest BCUT2D eigenvalue weighted by atomic mass is 79.9. The third kappa shape index (κ3) is 5.37. The molecule has 0 unspecified atom stereocenters. The van der Waals surface area contributed by atoms with Crippen LogP contribution in [0.2, 0.25) is 0 Å². The van der Waals surface area contributed by atoms with E-state index >= 15 is 0 Å². The number of methoxy groups -OCH3 is 3. The molecule has 2 aromatic carbocycles. The zero-order chi connectivity index (χ0) is 19.8. The molecule has 0 aliphatic heterocycles. The summed E-state index contributed by atoms with van der Waals surface area (Å²) in [5.41, 5.74) is 1.50. The van der Waals surface area contributed by atoms with Crippen molar-refractivity contribution in [3.05, 3.63) is 47.5 Å². The van der Waals surface area contributed by atoms with Crippen molar-refractivity contribution in [2.45, 2.75) is 6.54 Å². The highest BCUT2D eigenvalue weighted by Gasteiger charge is 2.15. The van der Waals surface area contributed by atoms with Crippen LogP contribution >= 0.6 is 15.9 Å². The molecule has 0 saturated carbocycles. The number of hydrogen-bond donors (Lipinski definition) is 2. The lowest BCUT2D eigenvalue weighted by atomic mass is 10.1. The van der Waals surface area contributed by atoms with Gasteiger partial charge in [0.05, 0.1) is 37.9 Å². The average Bonchev–Trinajstić information content (AvgIpc) is 2.71. The van der Waals surface area contributed by atoms with Crippen LogP contribution in [0.5, 0.6) is 17.2 Å². The van der Waals surface area contributed by atoms with Crippen molar-refractivity contribution in [3.63, 3.8) is 0 Å². The number of carbonyl (C=O) groups excluding carboxylic acids is 2. The van der Waals surface area contributed by atoms with E-state index in [0.717, 1.165) is 5.56 Å². The quantitative estimate of drug-likeness (QED) is 0.621. The van der Waals surface area contributed by atoms with Gasteiger partial charge in [-0.3, -0.25) is 9.59 Å². The van der Waals surface area contributed by atoms with Crippen molar-refractivity contribution in [1.82, 2.24) is 5.32 Å². The number of ether oxygens (including phenoxy) is 3. The van der Waals surface area contributed by atoms with E-state index in [0.29, 0.717) is 28.5 Å². The van der Waals surface area contributed by atoms with Crippen LogP contribution < -0.4 is 24.8 Å². The second kappa shape index (κ2) is 9.82. The number of carbonyl (C=O) groups is 2. The largest absolute Gasteiger partial charge is 0.497 e. The van der Waals surface area contributed by atoms with Gasteiger partial charge in [-0.25, -0.2) is 0 Å². The van der Waals surface area contributed by atoms with Crippen LogP contribution in [0.15, 0.2) is 36.4 Å². The van der Waals surface area contributed by atoms with E-state index in [1.165, 1.54) is 7.11 Å². The number of alkyl halides is 1. The summed E-state index contributed by atoms with van der Waals surface area (Å²) in [6.07, 6.45) is 0. The predicted molar refractivity (Wildman–Crippen MR) is 106 cm³/mol. The number of rotatable bonds is 8. The van der Waals surface area contributed by atoms with E-state index in [2.05, 4.69) is 26.6 Å². The molecule has 0 spiro atoms. The standard InChI is InChI=1S/C19H21BrN2O5/c1-25-13-6-7-16(22-18(23)10-20)15(8-13)19(24)21-11-12-4-5-14(26-2)9-17(12)27-3/h4-9H,10-11H2,1-3H3,(H,21,24)(H,22,23). The van der Waals surface area contributed by atoms with E-state index in [4.69, 9.17) is 14.2 Å². The second-order valence-electron chi connectivity index (χ2n) is 5.45. The maximum Gasteiger partial charge on any atom is 0.253 e. The van der Waals surface area contributed by atoms with Gasteiger partial charge in [0.2, 0.25) is 5.91 Å². The highest BCUT2D eigenvalue weighted by Crippen LogP contribution is 2.25. The first-order valence-electron chi connectivity index (χ1n) is 8.05. The van der Waals surface area contributed by atoms with Gasteiger partial charge < -0.3 is 24.8 Å². The van der Waals surface area contributed by atoms with Gasteiger partial charge in [-0.1, -0.05) is 15.9 Å². The van der Waals surface area contributed by atoms with Crippen LogP contribution in [0.1, 0.15) is 15.9 Å². The lowest BCUT2D eigenvalue weighted by molar-refractivity contribution is -0.113. The lowest BCUT2D eigenvalue weighted by Gasteiger charge is -2.14. The molecule has 0 fully saturated rings. The van der Waals surface area contributed by atoms with E-state index in [1.54, 1.807) is 44.6 Å². The Morgan fingerprint density at radius 1 is 0.963 bits per heavy atom. The summed E-state index contributed by atoms with van der Waals surface area (Å²) in [7, 11) is 4.63. The minimum atomic E-state index is -0.350. The Balaban J connectivity index is 2.21. The molecule has 7 nitrogen and oxygen atoms in total. The Morgan fingerprint density at radius 3 is 2.26 bits per heavy atom. The third-order valence-corrected chi connectivity index (χ3v) is 4.31. The Kier molecular flexibility index (Phi) is 7.48. The van der Waals surface area contributed by atoms with Crippen LogP contribution in [0.3, 0.4) is 0 Å². The minimum Gasteiger partial charge on any atom is -0.497 e. The van der Waals surface area contributed by atoms with Crippen molar-refractivity contribution in [2.24, 2.45) is 0 Å². The van der Waals surface area contributed by atoms with E-state index in [-0.39, 0.29) is 23.7 Å². The number of anilines is 1. The molecule has 144 valence electrons. The summed E-state index contributed by atoms with van der Waals surface area (Å²) in [6.45, 7) is 0.245. The van der Waals surface area contributed by atoms with Crippen molar-refractivity contribution >= 4 is 33.4 Å². The lowest BCUT2D eigenvalue weighted by Crippen LogP contribution is -2.25. The summed E-state index contributed by atoms with van der Waals surface area (Å²) in [4.78, 5) is 24.4. The first kappa shape index (κ1) is 20.6. The van der Waals surface area contributed by atoms with Crippen molar-refractivity contribution in [3.8, 4) is 17.2 Å². The molecular formula is C19H21BrN2O5. The van der Waals surface area contributed by atoms with Gasteiger partial charge >= 0.3 is 0 Å². The fourth-order valence-electron chi connectivity index (χ4n) is 2.40. The Bertz CT molecular complexity index is 826. The molecule has 8 heteroatoms. The van der Waals surface area contributed by atoms with E-state index in [9.17, 15) is 9.59 Å². The van der Waals surface area contributed by atoms with Crippen LogP contribution in [-0.4, -0.2) is 38.5 Å². The molecule has 0 aliphatic rings. The van der Waals surface area contributed by atoms with Crippen molar-refractivity contribution in [2.75, 3.05) is 32.0 Å². The number of nitrogens with one attached hydrogen (secondary N) is 2. The number of hydrogen-bond acceptors (Lipinski definition) is 5. The average molecular weight is 437 g/mol. The zero-order valence-corrected chi connectivity index (χ0v) is 16.9. The fraction of sp³-hybridized carbons (Fsp3) is 0.263. The van der Waals surface area contributed by atoms with E-state index < -0.39 is 0 Å². The van der Waals surface area contributed by atoms with Gasteiger partial charge in [0.1, 0.15) is 17.2 Å². The minimum absolute atomic E-state index is 0.128. The predicted octanol–water partition coefficient (Wildman–Crippen LogP) is 2.98. The molecule has 0 aromatic heterocycles. The summed E-state index contributed by atoms with van der Waals surface area (Å²) in [5, 5.41) is 5.65. The molecule has 0 aliphatic carbocycles. The molecule has 2 rings (SSSR count). The molecule has 2 N–H and O–H groups in total. The molecule has 0 radical (unpaired) electrons. The molecule has 0 bridgehead atoms. The first-order chi connectivity index (χ1) is 13.0. The van der Waals surface area contributed by atoms with Crippen LogP contribution in [0.25, 0.3) is 0 Å². The maximum atomic E-state index is 12.7. The molecule has 2 amide bonds. The van der Waals surface area contributed by atoms with Gasteiger partial charge in [0.25, 0.3) is 5.91 Å². The summed E-state index contributed by atoms with van der Waals surface area (Å²) < 4.78 is 15.7. The monoisotopic (exact) mass is 436 g/mol. The van der Waals surface area contributed by atoms with Gasteiger partial charge in [0.15, 0.2) is 0 Å². The topological polar surface area (TPSA) is 85.9 Å². The van der Waals surface area contributed by atoms with E-state index in [1.807, 2.05) is 6.07 Å². The zero-order valence-electron chi connectivity index (χ0n) is 15.3. The normalized spacial score (nSPS) is 10.1. The smallest absolute Gasteiger partial charge is 0.253 e. The Hall–Kier alpha value is -2.74. The third-order valence-electron chi connectivity index (χ3n) is 3.80. The van der Waals surface area contributed by atoms with Crippen LogP contribution in [0.4, 0.5) is 5.69 Å². The SMILES string of the molecule is COc1ccc(CNC(=O)c2cc(OC)ccc2NC(=O)CBr)c(OC)c1. The number of halogens is 1. The van der Waals surface area contributed by atoms with Crippen LogP contribution in [0, 0.1) is 0 Å². The summed E-state index contributed by atoms with van der Waals surface area (Å²) >= 11 is 3.09. The maximum absolute atomic E-state index is 12.7. The van der Waals surface area contributed by atoms with Gasteiger partial charge in [0, 0.05) is 18.2 Å². The summed E-state index contributed by atoms with van der Waals surface area (Å²) in [5.74, 6) is 1.17. The molecule has 0 atom stereocenters. The Labute approximate surface area is 166 Å². The van der Waals surface area contributed by atoms with Crippen molar-refractivity contribution < 1.29 is 23.8 Å². The number of benzene rings is 2. The van der Waals surface area contributed by atoms with Crippen LogP contribution in [-0.2, 0) is 11.3 Å².